The number of benzene rings is 2. The Kier molecular flexibility index (Phi) is 5.49. The van der Waals surface area contributed by atoms with Gasteiger partial charge in [-0.1, -0.05) is 30.3 Å². The molecule has 0 aliphatic heterocycles. The molecule has 0 aromatic heterocycles. The Balaban J connectivity index is 2.06. The Hall–Kier alpha value is -2.88. The minimum Gasteiger partial charge on any atom is -0.618 e. The van der Waals surface area contributed by atoms with Gasteiger partial charge >= 0.3 is 5.97 Å². The van der Waals surface area contributed by atoms with Crippen LogP contribution < -0.4 is 0 Å². The van der Waals surface area contributed by atoms with Gasteiger partial charge in [-0.2, -0.15) is 4.74 Å². The molecule has 2 aromatic rings. The Morgan fingerprint density at radius 1 is 1.14 bits per heavy atom. The van der Waals surface area contributed by atoms with Crippen LogP contribution in [0, 0.1) is 5.21 Å². The van der Waals surface area contributed by atoms with Crippen LogP contribution >= 0.6 is 0 Å². The molecule has 0 spiro atoms. The van der Waals surface area contributed by atoms with Gasteiger partial charge in [-0.05, 0) is 30.7 Å². The molecule has 0 radical (unpaired) electrons. The number of allylic oxidation sites excluding steroid dienone is 1. The molecule has 0 atom stereocenters. The second-order valence-electron chi connectivity index (χ2n) is 4.51. The summed E-state index contributed by atoms with van der Waals surface area (Å²) in [5.74, 6) is -0.389. The molecular weight excluding hydrogens is 278 g/mol. The first-order chi connectivity index (χ1) is 10.7. The van der Waals surface area contributed by atoms with Gasteiger partial charge in [0, 0.05) is 18.2 Å². The van der Waals surface area contributed by atoms with Gasteiger partial charge in [-0.15, -0.1) is 0 Å². The Morgan fingerprint density at radius 2 is 1.82 bits per heavy atom. The van der Waals surface area contributed by atoms with E-state index in [4.69, 9.17) is 4.74 Å². The van der Waals surface area contributed by atoms with Crippen LogP contribution in [0.1, 0.15) is 22.8 Å². The zero-order valence-electron chi connectivity index (χ0n) is 12.3. The third-order valence-electron chi connectivity index (χ3n) is 2.94. The molecule has 0 bridgehead atoms. The summed E-state index contributed by atoms with van der Waals surface area (Å²) < 4.78 is 5.64. The number of hydrogen-bond donors (Lipinski definition) is 0. The maximum Gasteiger partial charge on any atom is 0.338 e. The molecule has 0 heterocycles. The Morgan fingerprint density at radius 3 is 2.45 bits per heavy atom. The average Bonchev–Trinajstić information content (AvgIpc) is 2.56. The summed E-state index contributed by atoms with van der Waals surface area (Å²) >= 11 is 0. The van der Waals surface area contributed by atoms with E-state index in [1.807, 2.05) is 36.4 Å². The third-order valence-corrected chi connectivity index (χ3v) is 2.94. The van der Waals surface area contributed by atoms with Gasteiger partial charge in [-0.25, -0.2) is 4.79 Å². The fraction of sp³-hybridized carbons (Fsp3) is 0.111. The minimum absolute atomic E-state index is 0.326. The smallest absolute Gasteiger partial charge is 0.338 e. The third kappa shape index (κ3) is 4.31. The number of rotatable bonds is 5. The molecule has 22 heavy (non-hydrogen) atoms. The highest BCUT2D eigenvalue weighted by Gasteiger charge is 2.07. The topological polar surface area (TPSA) is 52.4 Å². The van der Waals surface area contributed by atoms with E-state index >= 15 is 0 Å². The molecule has 0 aliphatic carbocycles. The lowest BCUT2D eigenvalue weighted by molar-refractivity contribution is -0.354. The number of nitrogens with zero attached hydrogens (tertiary/aromatic N) is 1. The van der Waals surface area contributed by atoms with Crippen LogP contribution in [-0.2, 0) is 4.74 Å². The first-order valence-electron chi connectivity index (χ1n) is 7.01. The van der Waals surface area contributed by atoms with Crippen LogP contribution in [0.2, 0.25) is 0 Å². The van der Waals surface area contributed by atoms with E-state index in [1.54, 1.807) is 37.3 Å². The fourth-order valence-electron chi connectivity index (χ4n) is 1.84. The summed E-state index contributed by atoms with van der Waals surface area (Å²) in [7, 11) is 0. The van der Waals surface area contributed by atoms with E-state index in [2.05, 4.69) is 0 Å². The molecule has 0 saturated heterocycles. The summed E-state index contributed by atoms with van der Waals surface area (Å²) in [6, 6.07) is 16.0. The van der Waals surface area contributed by atoms with E-state index in [1.165, 1.54) is 6.21 Å². The van der Waals surface area contributed by atoms with Crippen molar-refractivity contribution < 1.29 is 14.3 Å². The van der Waals surface area contributed by atoms with Crippen molar-refractivity contribution in [2.75, 3.05) is 6.61 Å². The summed E-state index contributed by atoms with van der Waals surface area (Å²) in [6.45, 7) is 2.08. The molecule has 2 rings (SSSR count). The predicted octanol–water partition coefficient (Wildman–Crippen LogP) is 3.79. The van der Waals surface area contributed by atoms with Crippen LogP contribution in [0.4, 0.5) is 5.69 Å². The first-order valence-corrected chi connectivity index (χ1v) is 7.01. The second kappa shape index (κ2) is 7.78. The highest BCUT2D eigenvalue weighted by atomic mass is 16.5. The van der Waals surface area contributed by atoms with E-state index < -0.39 is 0 Å². The van der Waals surface area contributed by atoms with E-state index in [0.717, 1.165) is 10.3 Å². The predicted molar refractivity (Wildman–Crippen MR) is 87.2 cm³/mol. The van der Waals surface area contributed by atoms with Crippen LogP contribution in [0.3, 0.4) is 0 Å². The largest absolute Gasteiger partial charge is 0.618 e. The monoisotopic (exact) mass is 295 g/mol. The lowest BCUT2D eigenvalue weighted by atomic mass is 10.2. The number of esters is 1. The highest BCUT2D eigenvalue weighted by molar-refractivity contribution is 5.89. The van der Waals surface area contributed by atoms with E-state index in [-0.39, 0.29) is 5.97 Å². The zero-order chi connectivity index (χ0) is 15.8. The fourth-order valence-corrected chi connectivity index (χ4v) is 1.84. The summed E-state index contributed by atoms with van der Waals surface area (Å²) in [4.78, 5) is 11.5. The normalized spacial score (nSPS) is 11.6. The van der Waals surface area contributed by atoms with Gasteiger partial charge in [0.25, 0.3) is 0 Å². The lowest BCUT2D eigenvalue weighted by Crippen LogP contribution is -2.04. The lowest BCUT2D eigenvalue weighted by Gasteiger charge is -2.04. The molecule has 0 saturated carbocycles. The first kappa shape index (κ1) is 15.5. The maximum atomic E-state index is 11.9. The Bertz CT molecular complexity index is 673. The number of ether oxygens (including phenoxy) is 1. The van der Waals surface area contributed by atoms with Crippen LogP contribution in [-0.4, -0.2) is 23.5 Å². The molecule has 0 amide bonds. The average molecular weight is 295 g/mol. The number of carbonyl (C=O) groups excluding carboxylic acids is 1. The standard InChI is InChI=1S/C18H17NO3/c1-2-22-18(20)16-10-12-17(13-11-16)19(21)14-6-9-15-7-4-3-5-8-15/h3-14H,2H2,1H3/b9-6+,19-14-. The van der Waals surface area contributed by atoms with Crippen molar-refractivity contribution in [2.24, 2.45) is 0 Å². The van der Waals surface area contributed by atoms with Gasteiger partial charge in [0.2, 0.25) is 5.69 Å². The molecule has 112 valence electrons. The number of carbonyl (C=O) groups is 1. The summed E-state index contributed by atoms with van der Waals surface area (Å²) in [5, 5.41) is 11.9. The zero-order valence-corrected chi connectivity index (χ0v) is 12.3. The van der Waals surface area contributed by atoms with Crippen LogP contribution in [0.25, 0.3) is 6.08 Å². The number of hydrogen-bond acceptors (Lipinski definition) is 3. The minimum atomic E-state index is -0.389. The van der Waals surface area contributed by atoms with E-state index in [9.17, 15) is 10.0 Å². The maximum absolute atomic E-state index is 11.9. The van der Waals surface area contributed by atoms with Crippen LogP contribution in [0.15, 0.2) is 60.7 Å². The van der Waals surface area contributed by atoms with Crippen molar-refractivity contribution in [3.05, 3.63) is 77.0 Å². The highest BCUT2D eigenvalue weighted by Crippen LogP contribution is 2.13. The molecule has 0 aliphatic rings. The van der Waals surface area contributed by atoms with Gasteiger partial charge in [0.15, 0.2) is 6.21 Å². The van der Waals surface area contributed by atoms with Gasteiger partial charge in [-0.3, -0.25) is 0 Å². The molecule has 0 fully saturated rings. The molecule has 4 heteroatoms. The van der Waals surface area contributed by atoms with Gasteiger partial charge in [0.1, 0.15) is 0 Å². The Labute approximate surface area is 129 Å². The summed E-state index contributed by atoms with van der Waals surface area (Å²) in [6.07, 6.45) is 4.95. The van der Waals surface area contributed by atoms with Crippen molar-refractivity contribution in [3.8, 4) is 0 Å². The van der Waals surface area contributed by atoms with Crippen molar-refractivity contribution in [1.82, 2.24) is 0 Å². The molecule has 2 aromatic carbocycles. The quantitative estimate of drug-likeness (QED) is 0.277. The summed E-state index contributed by atoms with van der Waals surface area (Å²) in [5.41, 5.74) is 1.90. The van der Waals surface area contributed by atoms with Crippen molar-refractivity contribution in [2.45, 2.75) is 6.92 Å². The second-order valence-corrected chi connectivity index (χ2v) is 4.51. The van der Waals surface area contributed by atoms with Crippen molar-refractivity contribution in [3.63, 3.8) is 0 Å². The van der Waals surface area contributed by atoms with Crippen molar-refractivity contribution >= 4 is 23.9 Å². The molecule has 0 unspecified atom stereocenters. The molecule has 0 N–H and O–H groups in total. The van der Waals surface area contributed by atoms with Gasteiger partial charge < -0.3 is 9.94 Å². The molecule has 4 nitrogen and oxygen atoms in total. The van der Waals surface area contributed by atoms with E-state index in [0.29, 0.717) is 17.9 Å². The van der Waals surface area contributed by atoms with Crippen LogP contribution in [0.5, 0.6) is 0 Å². The molecular formula is C18H17NO3. The van der Waals surface area contributed by atoms with Crippen molar-refractivity contribution in [1.29, 1.82) is 0 Å². The SMILES string of the molecule is CCOC(=O)c1ccc(/[N+]([O-])=C/C=C/c2ccccc2)cc1. The van der Waals surface area contributed by atoms with Gasteiger partial charge in [0.05, 0.1) is 12.2 Å².